The first-order valence-corrected chi connectivity index (χ1v) is 5.98. The highest BCUT2D eigenvalue weighted by Crippen LogP contribution is 2.25. The molecule has 0 radical (unpaired) electrons. The first-order valence-electron chi connectivity index (χ1n) is 5.98. The third kappa shape index (κ3) is 1.95. The van der Waals surface area contributed by atoms with E-state index in [0.717, 1.165) is 16.8 Å². The maximum Gasteiger partial charge on any atom is 0.139 e. The zero-order chi connectivity index (χ0) is 12.4. The molecule has 0 bridgehead atoms. The highest BCUT2D eigenvalue weighted by Gasteiger charge is 2.09. The van der Waals surface area contributed by atoms with Crippen LogP contribution in [0.15, 0.2) is 59.3 Å². The van der Waals surface area contributed by atoms with Crippen molar-refractivity contribution in [3.63, 3.8) is 0 Å². The molecule has 1 aromatic carbocycles. The number of rotatable bonds is 3. The van der Waals surface area contributed by atoms with Crippen LogP contribution in [-0.4, -0.2) is 4.98 Å². The summed E-state index contributed by atoms with van der Waals surface area (Å²) in [5.41, 5.74) is 2.09. The molecule has 18 heavy (non-hydrogen) atoms. The van der Waals surface area contributed by atoms with E-state index in [1.165, 1.54) is 5.56 Å². The second-order valence-electron chi connectivity index (χ2n) is 4.27. The second kappa shape index (κ2) is 4.53. The quantitative estimate of drug-likeness (QED) is 0.749. The smallest absolute Gasteiger partial charge is 0.139 e. The lowest BCUT2D eigenvalue weighted by Gasteiger charge is -2.15. The van der Waals surface area contributed by atoms with Gasteiger partial charge >= 0.3 is 0 Å². The summed E-state index contributed by atoms with van der Waals surface area (Å²) < 4.78 is 5.37. The summed E-state index contributed by atoms with van der Waals surface area (Å²) in [5.74, 6) is 0.859. The molecule has 0 aliphatic carbocycles. The van der Waals surface area contributed by atoms with Crippen molar-refractivity contribution >= 4 is 16.8 Å². The highest BCUT2D eigenvalue weighted by atomic mass is 16.3. The number of pyridine rings is 1. The third-order valence-corrected chi connectivity index (χ3v) is 3.03. The van der Waals surface area contributed by atoms with Gasteiger partial charge in [0.05, 0.1) is 11.6 Å². The molecule has 0 aliphatic rings. The van der Waals surface area contributed by atoms with Gasteiger partial charge in [-0.2, -0.15) is 0 Å². The van der Waals surface area contributed by atoms with Crippen molar-refractivity contribution in [2.45, 2.75) is 13.0 Å². The van der Waals surface area contributed by atoms with Gasteiger partial charge in [0.1, 0.15) is 11.4 Å². The van der Waals surface area contributed by atoms with Crippen molar-refractivity contribution in [3.05, 3.63) is 60.5 Å². The molecule has 2 aromatic heterocycles. The number of anilines is 1. The van der Waals surface area contributed by atoms with Crippen LogP contribution < -0.4 is 5.32 Å². The van der Waals surface area contributed by atoms with E-state index in [4.69, 9.17) is 4.42 Å². The molecule has 3 heteroatoms. The van der Waals surface area contributed by atoms with Gasteiger partial charge in [-0.3, -0.25) is 0 Å². The van der Waals surface area contributed by atoms with Crippen molar-refractivity contribution in [3.8, 4) is 0 Å². The molecule has 0 saturated carbocycles. The van der Waals surface area contributed by atoms with Crippen LogP contribution in [0.4, 0.5) is 5.82 Å². The van der Waals surface area contributed by atoms with Gasteiger partial charge < -0.3 is 9.73 Å². The highest BCUT2D eigenvalue weighted by molar-refractivity contribution is 5.87. The molecular formula is C15H14N2O. The topological polar surface area (TPSA) is 38.1 Å². The Bertz CT molecular complexity index is 646. The summed E-state index contributed by atoms with van der Waals surface area (Å²) in [5, 5.41) is 4.43. The van der Waals surface area contributed by atoms with Crippen LogP contribution in [0, 0.1) is 0 Å². The van der Waals surface area contributed by atoms with Gasteiger partial charge in [0.25, 0.3) is 0 Å². The minimum Gasteiger partial charge on any atom is -0.464 e. The van der Waals surface area contributed by atoms with Crippen molar-refractivity contribution in [1.82, 2.24) is 4.98 Å². The van der Waals surface area contributed by atoms with Gasteiger partial charge in [0.2, 0.25) is 0 Å². The Labute approximate surface area is 105 Å². The predicted molar refractivity (Wildman–Crippen MR) is 72.5 cm³/mol. The first kappa shape index (κ1) is 10.8. The van der Waals surface area contributed by atoms with E-state index in [1.54, 1.807) is 12.5 Å². The van der Waals surface area contributed by atoms with E-state index < -0.39 is 0 Å². The molecule has 1 N–H and O–H groups in total. The van der Waals surface area contributed by atoms with E-state index in [-0.39, 0.29) is 6.04 Å². The zero-order valence-electron chi connectivity index (χ0n) is 10.1. The van der Waals surface area contributed by atoms with Gasteiger partial charge in [-0.25, -0.2) is 4.98 Å². The summed E-state index contributed by atoms with van der Waals surface area (Å²) >= 11 is 0. The second-order valence-corrected chi connectivity index (χ2v) is 4.27. The molecule has 0 fully saturated rings. The zero-order valence-corrected chi connectivity index (χ0v) is 10.1. The fourth-order valence-electron chi connectivity index (χ4n) is 2.04. The SMILES string of the molecule is CC(Nc1nccc2occc12)c1ccccc1. The van der Waals surface area contributed by atoms with Gasteiger partial charge in [0, 0.05) is 12.2 Å². The molecule has 3 aromatic rings. The van der Waals surface area contributed by atoms with Gasteiger partial charge in [-0.15, -0.1) is 0 Å². The van der Waals surface area contributed by atoms with E-state index in [2.05, 4.69) is 29.4 Å². The number of aromatic nitrogens is 1. The summed E-state index contributed by atoms with van der Waals surface area (Å²) in [6, 6.07) is 14.3. The molecular weight excluding hydrogens is 224 g/mol. The molecule has 0 spiro atoms. The molecule has 1 unspecified atom stereocenters. The third-order valence-electron chi connectivity index (χ3n) is 3.03. The fourth-order valence-corrected chi connectivity index (χ4v) is 2.04. The molecule has 3 nitrogen and oxygen atoms in total. The minimum atomic E-state index is 0.208. The Hall–Kier alpha value is -2.29. The molecule has 3 rings (SSSR count). The Balaban J connectivity index is 1.91. The number of hydrogen-bond donors (Lipinski definition) is 1. The summed E-state index contributed by atoms with van der Waals surface area (Å²) in [4.78, 5) is 4.37. The van der Waals surface area contributed by atoms with Crippen LogP contribution in [-0.2, 0) is 0 Å². The van der Waals surface area contributed by atoms with E-state index in [0.29, 0.717) is 0 Å². The first-order chi connectivity index (χ1) is 8.84. The maximum absolute atomic E-state index is 5.37. The standard InChI is InChI=1S/C15H14N2O/c1-11(12-5-3-2-4-6-12)17-15-13-8-10-18-14(13)7-9-16-15/h2-11H,1H3,(H,16,17). The Morgan fingerprint density at radius 2 is 1.94 bits per heavy atom. The lowest BCUT2D eigenvalue weighted by molar-refractivity contribution is 0.615. The van der Waals surface area contributed by atoms with Crippen LogP contribution in [0.5, 0.6) is 0 Å². The number of nitrogens with one attached hydrogen (secondary N) is 1. The van der Waals surface area contributed by atoms with Crippen molar-refractivity contribution in [2.24, 2.45) is 0 Å². The summed E-state index contributed by atoms with van der Waals surface area (Å²) in [7, 11) is 0. The van der Waals surface area contributed by atoms with Gasteiger partial charge in [-0.1, -0.05) is 30.3 Å². The maximum atomic E-state index is 5.37. The average molecular weight is 238 g/mol. The number of nitrogens with zero attached hydrogens (tertiary/aromatic N) is 1. The lowest BCUT2D eigenvalue weighted by Crippen LogP contribution is -2.07. The molecule has 1 atom stereocenters. The van der Waals surface area contributed by atoms with E-state index in [1.807, 2.05) is 30.3 Å². The fraction of sp³-hybridized carbons (Fsp3) is 0.133. The van der Waals surface area contributed by atoms with Crippen LogP contribution in [0.3, 0.4) is 0 Å². The largest absolute Gasteiger partial charge is 0.464 e. The molecule has 90 valence electrons. The monoisotopic (exact) mass is 238 g/mol. The van der Waals surface area contributed by atoms with Crippen molar-refractivity contribution < 1.29 is 4.42 Å². The Morgan fingerprint density at radius 1 is 1.11 bits per heavy atom. The predicted octanol–water partition coefficient (Wildman–Crippen LogP) is 4.00. The van der Waals surface area contributed by atoms with E-state index >= 15 is 0 Å². The van der Waals surface area contributed by atoms with E-state index in [9.17, 15) is 0 Å². The lowest BCUT2D eigenvalue weighted by atomic mass is 10.1. The number of hydrogen-bond acceptors (Lipinski definition) is 3. The molecule has 2 heterocycles. The molecule has 0 amide bonds. The molecule has 0 aliphatic heterocycles. The number of furan rings is 1. The minimum absolute atomic E-state index is 0.208. The molecule has 0 saturated heterocycles. The Morgan fingerprint density at radius 3 is 2.78 bits per heavy atom. The van der Waals surface area contributed by atoms with Crippen molar-refractivity contribution in [1.29, 1.82) is 0 Å². The Kier molecular flexibility index (Phi) is 2.73. The van der Waals surface area contributed by atoms with Crippen LogP contribution in [0.1, 0.15) is 18.5 Å². The van der Waals surface area contributed by atoms with Crippen LogP contribution in [0.2, 0.25) is 0 Å². The van der Waals surface area contributed by atoms with Crippen LogP contribution in [0.25, 0.3) is 11.0 Å². The van der Waals surface area contributed by atoms with Gasteiger partial charge in [0.15, 0.2) is 0 Å². The number of benzene rings is 1. The van der Waals surface area contributed by atoms with Crippen molar-refractivity contribution in [2.75, 3.05) is 5.32 Å². The van der Waals surface area contributed by atoms with Crippen LogP contribution >= 0.6 is 0 Å². The normalized spacial score (nSPS) is 12.5. The summed E-state index contributed by atoms with van der Waals surface area (Å²) in [6.45, 7) is 2.12. The number of fused-ring (bicyclic) bond motifs is 1. The van der Waals surface area contributed by atoms with Gasteiger partial charge in [-0.05, 0) is 24.6 Å². The average Bonchev–Trinajstić information content (AvgIpc) is 2.89. The summed E-state index contributed by atoms with van der Waals surface area (Å²) in [6.07, 6.45) is 3.44.